The lowest BCUT2D eigenvalue weighted by Crippen LogP contribution is -2.25. The van der Waals surface area contributed by atoms with Gasteiger partial charge in [-0.25, -0.2) is 0 Å². The van der Waals surface area contributed by atoms with Gasteiger partial charge in [-0.05, 0) is 38.2 Å². The van der Waals surface area contributed by atoms with Crippen molar-refractivity contribution in [2.75, 3.05) is 0 Å². The van der Waals surface area contributed by atoms with Gasteiger partial charge in [-0.2, -0.15) is 0 Å². The first-order valence-corrected chi connectivity index (χ1v) is 8.32. The molecule has 4 heteroatoms. The molecule has 22 heavy (non-hydrogen) atoms. The molecule has 124 valence electrons. The van der Waals surface area contributed by atoms with Crippen LogP contribution in [0.15, 0.2) is 24.0 Å². The van der Waals surface area contributed by atoms with Gasteiger partial charge in [-0.3, -0.25) is 4.79 Å². The molecule has 0 heterocycles. The molecule has 0 atom stereocenters. The molecule has 0 amide bonds. The zero-order valence-electron chi connectivity index (χ0n) is 13.6. The summed E-state index contributed by atoms with van der Waals surface area (Å²) in [5.74, 6) is 0.0729. The zero-order chi connectivity index (χ0) is 16.2. The van der Waals surface area contributed by atoms with Gasteiger partial charge in [0.25, 0.3) is 0 Å². The molecule has 2 aliphatic carbocycles. The first-order chi connectivity index (χ1) is 10.3. The van der Waals surface area contributed by atoms with Crippen molar-refractivity contribution in [2.24, 2.45) is 0 Å². The summed E-state index contributed by atoms with van der Waals surface area (Å²) in [6.07, 6.45) is 9.71. The summed E-state index contributed by atoms with van der Waals surface area (Å²) in [5.41, 5.74) is -0.670. The molecule has 2 N–H and O–H groups in total. The first kappa shape index (κ1) is 17.2. The fourth-order valence-corrected chi connectivity index (χ4v) is 3.72. The maximum atomic E-state index is 11.3. The van der Waals surface area contributed by atoms with E-state index in [4.69, 9.17) is 4.74 Å². The summed E-state index contributed by atoms with van der Waals surface area (Å²) >= 11 is 0. The molecule has 2 aliphatic rings. The second kappa shape index (κ2) is 6.97. The van der Waals surface area contributed by atoms with Crippen molar-refractivity contribution in [3.63, 3.8) is 0 Å². The van der Waals surface area contributed by atoms with E-state index in [1.54, 1.807) is 6.08 Å². The predicted molar refractivity (Wildman–Crippen MR) is 85.1 cm³/mol. The second-order valence-electron chi connectivity index (χ2n) is 7.05. The number of rotatable bonds is 6. The van der Waals surface area contributed by atoms with Gasteiger partial charge in [0, 0.05) is 13.3 Å². The third kappa shape index (κ3) is 4.96. The Kier molecular flexibility index (Phi) is 5.45. The van der Waals surface area contributed by atoms with E-state index >= 15 is 0 Å². The molecule has 4 nitrogen and oxygen atoms in total. The number of ether oxygens (including phenoxy) is 1. The third-order valence-corrected chi connectivity index (χ3v) is 4.71. The van der Waals surface area contributed by atoms with E-state index in [2.05, 4.69) is 6.58 Å². The molecule has 0 radical (unpaired) electrons. The standard InChI is InChI=1S/C18H28O4/c1-14(12-17(20)7-3-4-8-17)11-16(22-15(2)19)13-18(21)9-5-6-10-18/h13,20-21H,1,3-12H2,2H3/b16-13-. The normalized spacial score (nSPS) is 23.5. The highest BCUT2D eigenvalue weighted by molar-refractivity contribution is 5.67. The van der Waals surface area contributed by atoms with E-state index in [-0.39, 0.29) is 5.97 Å². The van der Waals surface area contributed by atoms with Crippen molar-refractivity contribution in [3.05, 3.63) is 24.0 Å². The van der Waals surface area contributed by atoms with Gasteiger partial charge in [-0.15, -0.1) is 0 Å². The van der Waals surface area contributed by atoms with Gasteiger partial charge in [0.05, 0.1) is 11.2 Å². The average Bonchev–Trinajstić information content (AvgIpc) is 2.97. The van der Waals surface area contributed by atoms with Crippen LogP contribution in [0.1, 0.15) is 71.1 Å². The number of aliphatic hydroxyl groups is 2. The lowest BCUT2D eigenvalue weighted by atomic mass is 9.91. The Morgan fingerprint density at radius 1 is 1.14 bits per heavy atom. The number of hydrogen-bond acceptors (Lipinski definition) is 4. The lowest BCUT2D eigenvalue weighted by Gasteiger charge is -2.24. The summed E-state index contributed by atoms with van der Waals surface area (Å²) in [7, 11) is 0. The van der Waals surface area contributed by atoms with Gasteiger partial charge >= 0.3 is 5.97 Å². The van der Waals surface area contributed by atoms with Crippen LogP contribution in [0.25, 0.3) is 0 Å². The molecule has 2 fully saturated rings. The highest BCUT2D eigenvalue weighted by Gasteiger charge is 2.33. The topological polar surface area (TPSA) is 66.8 Å². The van der Waals surface area contributed by atoms with Crippen molar-refractivity contribution >= 4 is 5.97 Å². The molecular weight excluding hydrogens is 280 g/mol. The Labute approximate surface area is 132 Å². The fraction of sp³-hybridized carbons (Fsp3) is 0.722. The summed E-state index contributed by atoms with van der Waals surface area (Å²) in [5, 5.41) is 20.9. The maximum absolute atomic E-state index is 11.3. The highest BCUT2D eigenvalue weighted by atomic mass is 16.5. The maximum Gasteiger partial charge on any atom is 0.307 e. The smallest absolute Gasteiger partial charge is 0.307 e. The summed E-state index contributed by atoms with van der Waals surface area (Å²) in [6, 6.07) is 0. The average molecular weight is 308 g/mol. The van der Waals surface area contributed by atoms with E-state index in [9.17, 15) is 15.0 Å². The molecule has 0 aliphatic heterocycles. The third-order valence-electron chi connectivity index (χ3n) is 4.71. The van der Waals surface area contributed by atoms with Crippen molar-refractivity contribution in [1.29, 1.82) is 0 Å². The fourth-order valence-electron chi connectivity index (χ4n) is 3.72. The number of esters is 1. The number of hydrogen-bond donors (Lipinski definition) is 2. The number of carbonyl (C=O) groups excluding carboxylic acids is 1. The quantitative estimate of drug-likeness (QED) is 0.448. The van der Waals surface area contributed by atoms with Crippen LogP contribution in [-0.2, 0) is 9.53 Å². The summed E-state index contributed by atoms with van der Waals surface area (Å²) in [4.78, 5) is 11.3. The van der Waals surface area contributed by atoms with Crippen LogP contribution in [0.5, 0.6) is 0 Å². The van der Waals surface area contributed by atoms with E-state index in [0.29, 0.717) is 31.4 Å². The van der Waals surface area contributed by atoms with Crippen LogP contribution >= 0.6 is 0 Å². The summed E-state index contributed by atoms with van der Waals surface area (Å²) < 4.78 is 5.27. The molecule has 0 spiro atoms. The Morgan fingerprint density at radius 2 is 1.68 bits per heavy atom. The highest BCUT2D eigenvalue weighted by Crippen LogP contribution is 2.37. The van der Waals surface area contributed by atoms with Crippen LogP contribution in [0.4, 0.5) is 0 Å². The van der Waals surface area contributed by atoms with Gasteiger partial charge < -0.3 is 14.9 Å². The molecule has 0 unspecified atom stereocenters. The van der Waals surface area contributed by atoms with Crippen molar-refractivity contribution < 1.29 is 19.7 Å². The summed E-state index contributed by atoms with van der Waals surface area (Å²) in [6.45, 7) is 5.39. The predicted octanol–water partition coefficient (Wildman–Crippen LogP) is 3.38. The second-order valence-corrected chi connectivity index (χ2v) is 7.05. The number of carbonyl (C=O) groups is 1. The molecule has 0 bridgehead atoms. The van der Waals surface area contributed by atoms with E-state index in [1.807, 2.05) is 0 Å². The number of allylic oxidation sites excluding steroid dienone is 1. The van der Waals surface area contributed by atoms with Crippen LogP contribution in [0, 0.1) is 0 Å². The molecule has 0 saturated heterocycles. The molecule has 0 aromatic carbocycles. The minimum absolute atomic E-state index is 0.389. The Morgan fingerprint density at radius 3 is 2.23 bits per heavy atom. The first-order valence-electron chi connectivity index (χ1n) is 8.32. The van der Waals surface area contributed by atoms with Gasteiger partial charge in [-0.1, -0.05) is 37.8 Å². The van der Waals surface area contributed by atoms with Crippen LogP contribution in [-0.4, -0.2) is 27.4 Å². The van der Waals surface area contributed by atoms with Crippen molar-refractivity contribution in [2.45, 2.75) is 82.3 Å². The zero-order valence-corrected chi connectivity index (χ0v) is 13.6. The molecule has 2 saturated carbocycles. The SMILES string of the molecule is C=C(C/C(=C/C1(O)CCCC1)OC(C)=O)CC1(O)CCCC1. The minimum Gasteiger partial charge on any atom is -0.431 e. The Balaban J connectivity index is 2.01. The minimum atomic E-state index is -0.866. The molecular formula is C18H28O4. The molecule has 0 aromatic rings. The van der Waals surface area contributed by atoms with E-state index < -0.39 is 11.2 Å². The largest absolute Gasteiger partial charge is 0.431 e. The van der Waals surface area contributed by atoms with Gasteiger partial charge in [0.1, 0.15) is 5.76 Å². The van der Waals surface area contributed by atoms with Crippen molar-refractivity contribution in [1.82, 2.24) is 0 Å². The molecule has 0 aromatic heterocycles. The van der Waals surface area contributed by atoms with Crippen LogP contribution in [0.3, 0.4) is 0 Å². The monoisotopic (exact) mass is 308 g/mol. The van der Waals surface area contributed by atoms with Gasteiger partial charge in [0.15, 0.2) is 0 Å². The molecule has 2 rings (SSSR count). The lowest BCUT2D eigenvalue weighted by molar-refractivity contribution is -0.137. The Bertz CT molecular complexity index is 452. The Hall–Kier alpha value is -1.13. The van der Waals surface area contributed by atoms with Crippen molar-refractivity contribution in [3.8, 4) is 0 Å². The van der Waals surface area contributed by atoms with E-state index in [0.717, 1.165) is 44.1 Å². The van der Waals surface area contributed by atoms with Gasteiger partial charge in [0.2, 0.25) is 0 Å². The van der Waals surface area contributed by atoms with Crippen LogP contribution < -0.4 is 0 Å². The van der Waals surface area contributed by atoms with Crippen LogP contribution in [0.2, 0.25) is 0 Å². The van der Waals surface area contributed by atoms with E-state index in [1.165, 1.54) is 6.92 Å².